The fraction of sp³-hybridized carbons (Fsp3) is 0.591. The molecule has 0 aliphatic carbocycles. The van der Waals surface area contributed by atoms with Gasteiger partial charge in [-0.15, -0.1) is 5.48 Å². The first-order chi connectivity index (χ1) is 13.9. The number of ketones is 1. The predicted octanol–water partition coefficient (Wildman–Crippen LogP) is 3.76. The number of rotatable bonds is 12. The van der Waals surface area contributed by atoms with Crippen LogP contribution in [0.25, 0.3) is 0 Å². The summed E-state index contributed by atoms with van der Waals surface area (Å²) in [5, 5.41) is 0. The van der Waals surface area contributed by atoms with Crippen molar-refractivity contribution in [2.75, 3.05) is 13.2 Å². The Morgan fingerprint density at radius 1 is 1.07 bits per heavy atom. The Morgan fingerprint density at radius 2 is 1.70 bits per heavy atom. The molecule has 0 spiro atoms. The Morgan fingerprint density at radius 3 is 2.27 bits per heavy atom. The molecule has 1 aromatic carbocycles. The van der Waals surface area contributed by atoms with E-state index < -0.39 is 31.5 Å². The monoisotopic (exact) mass is 437 g/mol. The van der Waals surface area contributed by atoms with Gasteiger partial charge in [-0.25, -0.2) is 4.79 Å². The van der Waals surface area contributed by atoms with Crippen molar-refractivity contribution in [3.63, 3.8) is 0 Å². The second-order valence-corrected chi connectivity index (χ2v) is 15.1. The van der Waals surface area contributed by atoms with Crippen molar-refractivity contribution >= 4 is 25.8 Å². The lowest BCUT2D eigenvalue weighted by Crippen LogP contribution is -2.42. The minimum atomic E-state index is -1.35. The van der Waals surface area contributed by atoms with Crippen molar-refractivity contribution in [2.45, 2.75) is 65.3 Å². The fourth-order valence-corrected chi connectivity index (χ4v) is 2.83. The molecule has 0 heterocycles. The van der Waals surface area contributed by atoms with E-state index in [1.54, 1.807) is 32.9 Å². The van der Waals surface area contributed by atoms with Crippen LogP contribution in [0, 0.1) is 5.41 Å². The number of nitrogens with one attached hydrogen (secondary N) is 1. The van der Waals surface area contributed by atoms with Gasteiger partial charge in [-0.1, -0.05) is 37.8 Å². The van der Waals surface area contributed by atoms with Crippen molar-refractivity contribution in [1.29, 1.82) is 0 Å². The molecule has 0 aliphatic heterocycles. The summed E-state index contributed by atoms with van der Waals surface area (Å²) in [6, 6.07) is 8.94. The SMILES string of the molecule is CC(C)(C)C(=O)ONC(CCC(=O)COc1ccccc1)C(=O)OCC[Si](C)(C)C. The van der Waals surface area contributed by atoms with Crippen LogP contribution in [-0.4, -0.2) is 45.1 Å². The summed E-state index contributed by atoms with van der Waals surface area (Å²) in [5.74, 6) is -0.596. The van der Waals surface area contributed by atoms with E-state index in [0.717, 1.165) is 6.04 Å². The van der Waals surface area contributed by atoms with E-state index in [4.69, 9.17) is 14.3 Å². The molecule has 7 nitrogen and oxygen atoms in total. The van der Waals surface area contributed by atoms with E-state index in [-0.39, 0.29) is 25.2 Å². The third-order valence-electron chi connectivity index (χ3n) is 4.14. The maximum absolute atomic E-state index is 12.5. The van der Waals surface area contributed by atoms with Gasteiger partial charge in [0.25, 0.3) is 0 Å². The summed E-state index contributed by atoms with van der Waals surface area (Å²) < 4.78 is 10.8. The topological polar surface area (TPSA) is 90.9 Å². The molecule has 168 valence electrons. The zero-order valence-electron chi connectivity index (χ0n) is 18.9. The van der Waals surface area contributed by atoms with Crippen molar-refractivity contribution in [3.05, 3.63) is 30.3 Å². The summed E-state index contributed by atoms with van der Waals surface area (Å²) in [6.07, 6.45) is 0.223. The highest BCUT2D eigenvalue weighted by atomic mass is 28.3. The molecule has 0 aromatic heterocycles. The standard InChI is InChI=1S/C22H35NO6Si/c1-22(2,3)21(26)29-23-19(20(25)27-14-15-30(4,5)6)13-12-17(24)16-28-18-10-8-7-9-11-18/h7-11,19,23H,12-16H2,1-6H3. The summed E-state index contributed by atoms with van der Waals surface area (Å²) in [6.45, 7) is 11.9. The maximum atomic E-state index is 12.5. The van der Waals surface area contributed by atoms with Crippen LogP contribution in [0.15, 0.2) is 30.3 Å². The predicted molar refractivity (Wildman–Crippen MR) is 118 cm³/mol. The maximum Gasteiger partial charge on any atom is 0.330 e. The van der Waals surface area contributed by atoms with Gasteiger partial charge < -0.3 is 14.3 Å². The van der Waals surface area contributed by atoms with Gasteiger partial charge in [-0.05, 0) is 45.4 Å². The second kappa shape index (κ2) is 11.9. The van der Waals surface area contributed by atoms with E-state index in [0.29, 0.717) is 12.4 Å². The molecule has 1 atom stereocenters. The largest absolute Gasteiger partial charge is 0.486 e. The van der Waals surface area contributed by atoms with Crippen LogP contribution in [0.1, 0.15) is 33.6 Å². The zero-order valence-corrected chi connectivity index (χ0v) is 19.9. The lowest BCUT2D eigenvalue weighted by molar-refractivity contribution is -0.167. The number of ether oxygens (including phenoxy) is 2. The third-order valence-corrected chi connectivity index (χ3v) is 5.85. The number of benzene rings is 1. The van der Waals surface area contributed by atoms with Gasteiger partial charge in [0.15, 0.2) is 5.78 Å². The Balaban J connectivity index is 2.58. The van der Waals surface area contributed by atoms with Gasteiger partial charge in [0.05, 0.1) is 12.0 Å². The molecule has 0 saturated carbocycles. The highest BCUT2D eigenvalue weighted by molar-refractivity contribution is 6.76. The molecule has 0 aliphatic rings. The van der Waals surface area contributed by atoms with Gasteiger partial charge in [0, 0.05) is 14.5 Å². The van der Waals surface area contributed by atoms with Crippen LogP contribution in [-0.2, 0) is 24.0 Å². The van der Waals surface area contributed by atoms with E-state index in [9.17, 15) is 14.4 Å². The third kappa shape index (κ3) is 11.1. The van der Waals surface area contributed by atoms with Gasteiger partial charge >= 0.3 is 11.9 Å². The van der Waals surface area contributed by atoms with Crippen molar-refractivity contribution in [3.8, 4) is 5.75 Å². The van der Waals surface area contributed by atoms with Gasteiger partial charge in [0.1, 0.15) is 18.4 Å². The summed E-state index contributed by atoms with van der Waals surface area (Å²) in [4.78, 5) is 41.8. The van der Waals surface area contributed by atoms with Crippen LogP contribution in [0.4, 0.5) is 0 Å². The molecule has 1 aromatic rings. The summed E-state index contributed by atoms with van der Waals surface area (Å²) >= 11 is 0. The lowest BCUT2D eigenvalue weighted by atomic mass is 9.98. The first-order valence-corrected chi connectivity index (χ1v) is 13.9. The van der Waals surface area contributed by atoms with Gasteiger partial charge in [-0.2, -0.15) is 0 Å². The van der Waals surface area contributed by atoms with Crippen LogP contribution in [0.2, 0.25) is 25.7 Å². The highest BCUT2D eigenvalue weighted by Gasteiger charge is 2.28. The molecule has 1 unspecified atom stereocenters. The minimum absolute atomic E-state index is 0.0840. The molecule has 0 fully saturated rings. The molecule has 0 amide bonds. The fourth-order valence-electron chi connectivity index (χ4n) is 2.12. The number of hydrogen-bond donors (Lipinski definition) is 1. The Labute approximate surface area is 180 Å². The molecule has 0 radical (unpaired) electrons. The quantitative estimate of drug-likeness (QED) is 0.302. The number of carbonyl (C=O) groups is 3. The van der Waals surface area contributed by atoms with Crippen molar-refractivity contribution in [1.82, 2.24) is 5.48 Å². The number of esters is 1. The first kappa shape index (κ1) is 25.8. The summed E-state index contributed by atoms with van der Waals surface area (Å²) in [7, 11) is -1.35. The molecule has 1 rings (SSSR count). The molecule has 8 heteroatoms. The van der Waals surface area contributed by atoms with E-state index in [2.05, 4.69) is 25.1 Å². The van der Waals surface area contributed by atoms with E-state index in [1.807, 2.05) is 18.2 Å². The normalized spacial score (nSPS) is 12.7. The van der Waals surface area contributed by atoms with Crippen molar-refractivity contribution < 1.29 is 28.7 Å². The van der Waals surface area contributed by atoms with E-state index in [1.165, 1.54) is 0 Å². The number of Topliss-reactive ketones (excluding diaryl/α,β-unsaturated/α-hetero) is 1. The number of hydrogen-bond acceptors (Lipinski definition) is 7. The second-order valence-electron chi connectivity index (χ2n) is 9.47. The van der Waals surface area contributed by atoms with Gasteiger partial charge in [-0.3, -0.25) is 9.59 Å². The molecular weight excluding hydrogens is 402 g/mol. The molecule has 0 bridgehead atoms. The first-order valence-electron chi connectivity index (χ1n) is 10.2. The Hall–Kier alpha value is -2.19. The smallest absolute Gasteiger partial charge is 0.330 e. The van der Waals surface area contributed by atoms with Crippen LogP contribution >= 0.6 is 0 Å². The zero-order chi connectivity index (χ0) is 22.8. The van der Waals surface area contributed by atoms with Gasteiger partial charge in [0.2, 0.25) is 0 Å². The number of carbonyl (C=O) groups excluding carboxylic acids is 3. The molecular formula is C22H35NO6Si. The molecule has 0 saturated heterocycles. The number of para-hydroxylation sites is 1. The van der Waals surface area contributed by atoms with E-state index >= 15 is 0 Å². The lowest BCUT2D eigenvalue weighted by Gasteiger charge is -2.21. The summed E-state index contributed by atoms with van der Waals surface area (Å²) in [5.41, 5.74) is 1.77. The molecule has 1 N–H and O–H groups in total. The minimum Gasteiger partial charge on any atom is -0.486 e. The highest BCUT2D eigenvalue weighted by Crippen LogP contribution is 2.15. The van der Waals surface area contributed by atoms with Crippen molar-refractivity contribution in [2.24, 2.45) is 5.41 Å². The number of hydroxylamine groups is 1. The Kier molecular flexibility index (Phi) is 10.2. The average molecular weight is 438 g/mol. The average Bonchev–Trinajstić information content (AvgIpc) is 2.65. The Bertz CT molecular complexity index is 694. The van der Waals surface area contributed by atoms with Crippen LogP contribution in [0.3, 0.4) is 0 Å². The molecule has 30 heavy (non-hydrogen) atoms. The van der Waals surface area contributed by atoms with Crippen LogP contribution < -0.4 is 10.2 Å². The van der Waals surface area contributed by atoms with Crippen LogP contribution in [0.5, 0.6) is 5.75 Å².